The highest BCUT2D eigenvalue weighted by Crippen LogP contribution is 2.10. The zero-order valence-electron chi connectivity index (χ0n) is 7.77. The van der Waals surface area contributed by atoms with Crippen molar-refractivity contribution >= 4 is 21.8 Å². The second kappa shape index (κ2) is 5.85. The molecule has 0 saturated carbocycles. The Morgan fingerprint density at radius 1 is 1.38 bits per heavy atom. The van der Waals surface area contributed by atoms with Crippen molar-refractivity contribution in [1.82, 2.24) is 0 Å². The summed E-state index contributed by atoms with van der Waals surface area (Å²) < 4.78 is 31.6. The molecule has 0 unspecified atom stereocenters. The third-order valence-corrected chi connectivity index (χ3v) is 1.11. The molecular formula is C6H9N3O6S. The lowest BCUT2D eigenvalue weighted by molar-refractivity contribution is -0.445. The summed E-state index contributed by atoms with van der Waals surface area (Å²) in [5.74, 6) is 0. The summed E-state index contributed by atoms with van der Waals surface area (Å²) in [5.41, 5.74) is 8.24. The highest BCUT2D eigenvalue weighted by Gasteiger charge is 1.96. The van der Waals surface area contributed by atoms with Crippen LogP contribution in [0.15, 0.2) is 24.3 Å². The summed E-state index contributed by atoms with van der Waals surface area (Å²) in [4.78, 5) is 9.93. The number of nitro groups is 1. The minimum Gasteiger partial charge on any atom is -0.399 e. The zero-order chi connectivity index (χ0) is 12.8. The predicted octanol–water partition coefficient (Wildman–Crippen LogP) is 0.220. The average molecular weight is 251 g/mol. The predicted molar refractivity (Wildman–Crippen MR) is 55.6 cm³/mol. The number of benzene rings is 1. The second-order valence-corrected chi connectivity index (χ2v) is 3.34. The van der Waals surface area contributed by atoms with Crippen LogP contribution in [0.25, 0.3) is 0 Å². The molecule has 1 rings (SSSR count). The Morgan fingerprint density at radius 3 is 2.25 bits per heavy atom. The first-order valence-corrected chi connectivity index (χ1v) is 5.04. The van der Waals surface area contributed by atoms with Gasteiger partial charge in [-0.05, 0) is 18.2 Å². The molecule has 0 fully saturated rings. The molecule has 90 valence electrons. The van der Waals surface area contributed by atoms with Crippen molar-refractivity contribution in [2.75, 3.05) is 11.2 Å². The molecule has 0 aromatic heterocycles. The van der Waals surface area contributed by atoms with Crippen LogP contribution in [0.5, 0.6) is 0 Å². The van der Waals surface area contributed by atoms with E-state index in [9.17, 15) is 10.1 Å². The Hall–Kier alpha value is -1.91. The second-order valence-electron chi connectivity index (χ2n) is 2.44. The summed E-state index contributed by atoms with van der Waals surface area (Å²) in [6.07, 6.45) is 0. The SMILES string of the molecule is Nc1cccc(N[N+](=O)[O-])c1.O=S(=O)(O)O. The van der Waals surface area contributed by atoms with E-state index in [1.165, 1.54) is 6.07 Å². The summed E-state index contributed by atoms with van der Waals surface area (Å²) in [7, 11) is -4.67. The van der Waals surface area contributed by atoms with E-state index < -0.39 is 15.4 Å². The molecule has 0 amide bonds. The molecule has 0 bridgehead atoms. The monoisotopic (exact) mass is 251 g/mol. The molecule has 1 aromatic carbocycles. The minimum atomic E-state index is -4.67. The Bertz CT molecular complexity index is 451. The number of nitrogens with zero attached hydrogens (tertiary/aromatic N) is 1. The van der Waals surface area contributed by atoms with Gasteiger partial charge in [0.15, 0.2) is 5.03 Å². The summed E-state index contributed by atoms with van der Waals surface area (Å²) in [6, 6.07) is 6.36. The van der Waals surface area contributed by atoms with Crippen molar-refractivity contribution in [3.63, 3.8) is 0 Å². The molecule has 9 nitrogen and oxygen atoms in total. The van der Waals surface area contributed by atoms with Gasteiger partial charge in [0, 0.05) is 5.69 Å². The maximum Gasteiger partial charge on any atom is 0.394 e. The van der Waals surface area contributed by atoms with E-state index in [1.54, 1.807) is 18.2 Å². The molecular weight excluding hydrogens is 242 g/mol. The fraction of sp³-hybridized carbons (Fsp3) is 0. The molecule has 0 aliphatic heterocycles. The van der Waals surface area contributed by atoms with Crippen LogP contribution in [0.4, 0.5) is 11.4 Å². The van der Waals surface area contributed by atoms with Gasteiger partial charge in [0.25, 0.3) is 0 Å². The van der Waals surface area contributed by atoms with Crippen LogP contribution in [0.1, 0.15) is 0 Å². The number of hydrogen-bond donors (Lipinski definition) is 4. The highest BCUT2D eigenvalue weighted by atomic mass is 32.3. The molecule has 10 heteroatoms. The topological polar surface area (TPSA) is 156 Å². The van der Waals surface area contributed by atoms with Crippen molar-refractivity contribution in [1.29, 1.82) is 0 Å². The van der Waals surface area contributed by atoms with Crippen LogP contribution in [-0.2, 0) is 10.4 Å². The Balaban J connectivity index is 0.000000385. The number of anilines is 2. The van der Waals surface area contributed by atoms with E-state index in [4.69, 9.17) is 23.3 Å². The molecule has 0 spiro atoms. The van der Waals surface area contributed by atoms with Gasteiger partial charge in [-0.15, -0.1) is 5.43 Å². The van der Waals surface area contributed by atoms with Gasteiger partial charge in [-0.2, -0.15) is 8.42 Å². The number of rotatable bonds is 2. The number of hydrogen-bond acceptors (Lipinski definition) is 5. The molecule has 0 aliphatic rings. The van der Waals surface area contributed by atoms with Gasteiger partial charge in [-0.1, -0.05) is 6.07 Å². The minimum absolute atomic E-state index is 0.384. The zero-order valence-corrected chi connectivity index (χ0v) is 8.59. The summed E-state index contributed by atoms with van der Waals surface area (Å²) >= 11 is 0. The van der Waals surface area contributed by atoms with Gasteiger partial charge >= 0.3 is 10.4 Å². The molecule has 0 saturated heterocycles. The van der Waals surface area contributed by atoms with E-state index in [1.807, 2.05) is 5.43 Å². The number of nitrogens with one attached hydrogen (secondary N) is 1. The van der Waals surface area contributed by atoms with Crippen LogP contribution in [-0.4, -0.2) is 22.6 Å². The smallest absolute Gasteiger partial charge is 0.394 e. The maximum atomic E-state index is 9.93. The largest absolute Gasteiger partial charge is 0.399 e. The molecule has 5 N–H and O–H groups in total. The molecule has 0 aliphatic carbocycles. The van der Waals surface area contributed by atoms with Gasteiger partial charge in [0.2, 0.25) is 0 Å². The van der Waals surface area contributed by atoms with E-state index >= 15 is 0 Å². The standard InChI is InChI=1S/C6H7N3O2.H2O4S/c7-5-2-1-3-6(4-5)8-9(10)11;1-5(2,3)4/h1-4,8H,7H2;(H2,1,2,3,4). The number of nitrogen functional groups attached to an aromatic ring is 1. The van der Waals surface area contributed by atoms with Gasteiger partial charge in [0.1, 0.15) is 5.69 Å². The molecule has 0 heterocycles. The van der Waals surface area contributed by atoms with Crippen LogP contribution in [0.3, 0.4) is 0 Å². The fourth-order valence-corrected chi connectivity index (χ4v) is 0.714. The van der Waals surface area contributed by atoms with Crippen molar-refractivity contribution < 1.29 is 22.6 Å². The Kier molecular flexibility index (Phi) is 5.15. The summed E-state index contributed by atoms with van der Waals surface area (Å²) in [5, 5.41) is 9.30. The Morgan fingerprint density at radius 2 is 1.88 bits per heavy atom. The van der Waals surface area contributed by atoms with E-state index in [2.05, 4.69) is 0 Å². The van der Waals surface area contributed by atoms with Crippen LogP contribution in [0, 0.1) is 10.1 Å². The third-order valence-electron chi connectivity index (χ3n) is 1.11. The quantitative estimate of drug-likeness (QED) is 0.251. The maximum absolute atomic E-state index is 9.93. The molecule has 0 radical (unpaired) electrons. The van der Waals surface area contributed by atoms with Gasteiger partial charge in [-0.25, -0.2) is 10.1 Å². The number of nitrogens with two attached hydrogens (primary N) is 1. The Labute approximate surface area is 90.6 Å². The lowest BCUT2D eigenvalue weighted by Gasteiger charge is -1.96. The van der Waals surface area contributed by atoms with Crippen molar-refractivity contribution in [2.45, 2.75) is 0 Å². The van der Waals surface area contributed by atoms with Gasteiger partial charge in [-0.3, -0.25) is 9.11 Å². The van der Waals surface area contributed by atoms with Gasteiger partial charge < -0.3 is 5.73 Å². The highest BCUT2D eigenvalue weighted by molar-refractivity contribution is 7.79. The summed E-state index contributed by atoms with van der Waals surface area (Å²) in [6.45, 7) is 0. The van der Waals surface area contributed by atoms with E-state index in [0.29, 0.717) is 11.4 Å². The first-order valence-electron chi connectivity index (χ1n) is 3.65. The third kappa shape index (κ3) is 10.2. The van der Waals surface area contributed by atoms with E-state index in [0.717, 1.165) is 0 Å². The van der Waals surface area contributed by atoms with E-state index in [-0.39, 0.29) is 0 Å². The van der Waals surface area contributed by atoms with Crippen LogP contribution >= 0.6 is 0 Å². The van der Waals surface area contributed by atoms with Crippen molar-refractivity contribution in [3.05, 3.63) is 34.4 Å². The lowest BCUT2D eigenvalue weighted by atomic mass is 10.3. The first kappa shape index (κ1) is 14.1. The molecule has 1 aromatic rings. The number of hydrazine groups is 1. The van der Waals surface area contributed by atoms with Crippen molar-refractivity contribution in [2.24, 2.45) is 0 Å². The molecule has 16 heavy (non-hydrogen) atoms. The first-order chi connectivity index (χ1) is 7.18. The van der Waals surface area contributed by atoms with Crippen LogP contribution in [0.2, 0.25) is 0 Å². The fourth-order valence-electron chi connectivity index (χ4n) is 0.714. The van der Waals surface area contributed by atoms with Crippen LogP contribution < -0.4 is 11.2 Å². The molecule has 0 atom stereocenters. The van der Waals surface area contributed by atoms with Crippen molar-refractivity contribution in [3.8, 4) is 0 Å². The van der Waals surface area contributed by atoms with Gasteiger partial charge in [0.05, 0.1) is 0 Å². The lowest BCUT2D eigenvalue weighted by Crippen LogP contribution is -2.07. The average Bonchev–Trinajstić information content (AvgIpc) is 1.98. The normalized spacial score (nSPS) is 9.88.